The van der Waals surface area contributed by atoms with Gasteiger partial charge in [-0.1, -0.05) is 0 Å². The first-order valence-electron chi connectivity index (χ1n) is 6.45. The van der Waals surface area contributed by atoms with Crippen molar-refractivity contribution < 1.29 is 0 Å². The molecule has 0 aromatic rings. The Morgan fingerprint density at radius 1 is 0.933 bits per heavy atom. The summed E-state index contributed by atoms with van der Waals surface area (Å²) in [4.78, 5) is 0. The lowest BCUT2D eigenvalue weighted by Gasteiger charge is -2.55. The molecule has 1 aliphatic heterocycles. The number of hydrogen-bond donors (Lipinski definition) is 1. The van der Waals surface area contributed by atoms with Gasteiger partial charge in [0, 0.05) is 12.5 Å². The summed E-state index contributed by atoms with van der Waals surface area (Å²) in [5.41, 5.74) is 5.75. The van der Waals surface area contributed by atoms with E-state index in [4.69, 9.17) is 5.73 Å². The van der Waals surface area contributed by atoms with Crippen LogP contribution >= 0.6 is 0 Å². The lowest BCUT2D eigenvalue weighted by Crippen LogP contribution is -2.52. The number of hydrogen-bond acceptors (Lipinski definition) is 3. The van der Waals surface area contributed by atoms with E-state index >= 15 is 0 Å². The van der Waals surface area contributed by atoms with Crippen molar-refractivity contribution in [2.75, 3.05) is 6.54 Å². The Bertz CT molecular complexity index is 289. The molecule has 0 spiro atoms. The molecular weight excluding hydrogens is 186 g/mol. The van der Waals surface area contributed by atoms with Crippen LogP contribution in [0.2, 0.25) is 0 Å². The van der Waals surface area contributed by atoms with E-state index in [1.54, 1.807) is 0 Å². The van der Waals surface area contributed by atoms with Crippen molar-refractivity contribution in [2.45, 2.75) is 37.8 Å². The van der Waals surface area contributed by atoms with E-state index in [0.717, 1.165) is 29.6 Å². The fraction of sp³-hybridized carbons (Fsp3) is 1.00. The number of rotatable bonds is 2. The molecule has 0 radical (unpaired) electrons. The summed E-state index contributed by atoms with van der Waals surface area (Å²) < 4.78 is 0. The minimum atomic E-state index is -0.109. The molecule has 0 amide bonds. The summed E-state index contributed by atoms with van der Waals surface area (Å²) in [7, 11) is 0. The zero-order valence-corrected chi connectivity index (χ0v) is 9.10. The largest absolute Gasteiger partial charge is 0.326 e. The van der Waals surface area contributed by atoms with Crippen molar-refractivity contribution >= 4 is 0 Å². The third-order valence-electron chi connectivity index (χ3n) is 5.42. The smallest absolute Gasteiger partial charge is 0.206 e. The van der Waals surface area contributed by atoms with E-state index in [1.807, 2.05) is 0 Å². The Labute approximate surface area is 90.5 Å². The second-order valence-corrected chi connectivity index (χ2v) is 6.24. The van der Waals surface area contributed by atoms with Gasteiger partial charge in [-0.25, -0.2) is 0 Å². The van der Waals surface area contributed by atoms with Crippen molar-refractivity contribution in [1.29, 1.82) is 0 Å². The SMILES string of the molecule is NCC1(C2C3CC4CC(C3)CC2C4)N=N1. The quantitative estimate of drug-likeness (QED) is 0.738. The third-order valence-corrected chi connectivity index (χ3v) is 5.42. The molecule has 0 unspecified atom stereocenters. The van der Waals surface area contributed by atoms with E-state index in [9.17, 15) is 0 Å². The van der Waals surface area contributed by atoms with Crippen LogP contribution in [0.15, 0.2) is 10.2 Å². The van der Waals surface area contributed by atoms with Crippen LogP contribution in [-0.4, -0.2) is 12.2 Å². The lowest BCUT2D eigenvalue weighted by atomic mass is 9.50. The molecular formula is C12H19N3. The minimum Gasteiger partial charge on any atom is -0.326 e. The number of nitrogens with zero attached hydrogens (tertiary/aromatic N) is 2. The van der Waals surface area contributed by atoms with Gasteiger partial charge in [-0.05, 0) is 55.8 Å². The van der Waals surface area contributed by atoms with Gasteiger partial charge in [0.05, 0.1) is 0 Å². The van der Waals surface area contributed by atoms with E-state index in [2.05, 4.69) is 10.2 Å². The van der Waals surface area contributed by atoms with Gasteiger partial charge >= 0.3 is 0 Å². The van der Waals surface area contributed by atoms with Crippen LogP contribution < -0.4 is 5.73 Å². The van der Waals surface area contributed by atoms with Gasteiger partial charge in [0.2, 0.25) is 5.66 Å². The highest BCUT2D eigenvalue weighted by Crippen LogP contribution is 2.61. The van der Waals surface area contributed by atoms with Gasteiger partial charge in [0.1, 0.15) is 0 Å². The molecule has 4 bridgehead atoms. The molecule has 0 aromatic heterocycles. The second kappa shape index (κ2) is 2.62. The molecule has 0 aromatic carbocycles. The molecule has 4 saturated carbocycles. The molecule has 0 saturated heterocycles. The first-order valence-corrected chi connectivity index (χ1v) is 6.45. The first kappa shape index (κ1) is 8.68. The average molecular weight is 205 g/mol. The Morgan fingerprint density at radius 2 is 1.47 bits per heavy atom. The zero-order chi connectivity index (χ0) is 10.0. The Hall–Kier alpha value is -0.440. The predicted molar refractivity (Wildman–Crippen MR) is 57.2 cm³/mol. The van der Waals surface area contributed by atoms with E-state index in [1.165, 1.54) is 32.1 Å². The van der Waals surface area contributed by atoms with E-state index < -0.39 is 0 Å². The fourth-order valence-corrected chi connectivity index (χ4v) is 5.10. The standard InChI is InChI=1S/C12H19N3/c13-6-12(14-15-12)11-9-2-7-1-8(4-9)5-10(11)3-7/h7-11H,1-6,13H2. The third kappa shape index (κ3) is 1.05. The maximum absolute atomic E-state index is 5.86. The van der Waals surface area contributed by atoms with E-state index in [-0.39, 0.29) is 5.66 Å². The van der Waals surface area contributed by atoms with Crippen molar-refractivity contribution in [3.8, 4) is 0 Å². The molecule has 15 heavy (non-hydrogen) atoms. The van der Waals surface area contributed by atoms with Crippen LogP contribution in [0, 0.1) is 29.6 Å². The van der Waals surface area contributed by atoms with Gasteiger partial charge in [-0.15, -0.1) is 0 Å². The molecule has 3 heteroatoms. The fourth-order valence-electron chi connectivity index (χ4n) is 5.10. The molecule has 5 aliphatic rings. The predicted octanol–water partition coefficient (Wildman–Crippen LogP) is 2.18. The van der Waals surface area contributed by atoms with Crippen molar-refractivity contribution in [2.24, 2.45) is 45.6 Å². The topological polar surface area (TPSA) is 50.7 Å². The number of nitrogens with two attached hydrogens (primary N) is 1. The highest BCUT2D eigenvalue weighted by molar-refractivity contribution is 5.10. The summed E-state index contributed by atoms with van der Waals surface area (Å²) in [5, 5.41) is 8.60. The molecule has 5 rings (SSSR count). The van der Waals surface area contributed by atoms with Gasteiger partial charge in [-0.2, -0.15) is 10.2 Å². The zero-order valence-electron chi connectivity index (χ0n) is 9.10. The Balaban J connectivity index is 1.65. The maximum Gasteiger partial charge on any atom is 0.206 e. The minimum absolute atomic E-state index is 0.109. The molecule has 1 heterocycles. The van der Waals surface area contributed by atoms with Crippen LogP contribution in [0.3, 0.4) is 0 Å². The summed E-state index contributed by atoms with van der Waals surface area (Å²) in [6.45, 7) is 0.653. The second-order valence-electron chi connectivity index (χ2n) is 6.24. The molecule has 3 nitrogen and oxygen atoms in total. The van der Waals surface area contributed by atoms with Crippen LogP contribution in [0.1, 0.15) is 32.1 Å². The van der Waals surface area contributed by atoms with Gasteiger partial charge < -0.3 is 5.73 Å². The van der Waals surface area contributed by atoms with Crippen LogP contribution in [0.25, 0.3) is 0 Å². The lowest BCUT2D eigenvalue weighted by molar-refractivity contribution is -0.0536. The molecule has 4 aliphatic carbocycles. The Morgan fingerprint density at radius 3 is 1.87 bits per heavy atom. The monoisotopic (exact) mass is 205 g/mol. The molecule has 82 valence electrons. The van der Waals surface area contributed by atoms with Crippen LogP contribution in [0.4, 0.5) is 0 Å². The molecule has 4 fully saturated rings. The average Bonchev–Trinajstić information content (AvgIpc) is 2.97. The van der Waals surface area contributed by atoms with E-state index in [0.29, 0.717) is 6.54 Å². The van der Waals surface area contributed by atoms with Crippen LogP contribution in [0.5, 0.6) is 0 Å². The van der Waals surface area contributed by atoms with Crippen LogP contribution in [-0.2, 0) is 0 Å². The molecule has 0 atom stereocenters. The van der Waals surface area contributed by atoms with Gasteiger partial charge in [0.15, 0.2) is 0 Å². The first-order chi connectivity index (χ1) is 7.31. The Kier molecular flexibility index (Phi) is 1.52. The maximum atomic E-state index is 5.86. The molecule has 2 N–H and O–H groups in total. The normalized spacial score (nSPS) is 53.5. The summed E-state index contributed by atoms with van der Waals surface area (Å²) >= 11 is 0. The van der Waals surface area contributed by atoms with Crippen molar-refractivity contribution in [1.82, 2.24) is 0 Å². The van der Waals surface area contributed by atoms with Crippen molar-refractivity contribution in [3.63, 3.8) is 0 Å². The van der Waals surface area contributed by atoms with Gasteiger partial charge in [0.25, 0.3) is 0 Å². The summed E-state index contributed by atoms with van der Waals surface area (Å²) in [5.74, 6) is 4.60. The highest BCUT2D eigenvalue weighted by Gasteiger charge is 2.59. The summed E-state index contributed by atoms with van der Waals surface area (Å²) in [6.07, 6.45) is 7.31. The van der Waals surface area contributed by atoms with Gasteiger partial charge in [-0.3, -0.25) is 0 Å². The van der Waals surface area contributed by atoms with Crippen molar-refractivity contribution in [3.05, 3.63) is 0 Å². The highest BCUT2D eigenvalue weighted by atomic mass is 15.5. The summed E-state index contributed by atoms with van der Waals surface area (Å²) in [6, 6.07) is 0.